The quantitative estimate of drug-likeness (QED) is 0.815. The summed E-state index contributed by atoms with van der Waals surface area (Å²) in [5.41, 5.74) is 6.53. The van der Waals surface area contributed by atoms with Gasteiger partial charge in [0, 0.05) is 5.56 Å². The van der Waals surface area contributed by atoms with Gasteiger partial charge < -0.3 is 10.8 Å². The molecule has 14 heavy (non-hydrogen) atoms. The Kier molecular flexibility index (Phi) is 3.86. The molecule has 0 saturated heterocycles. The predicted molar refractivity (Wildman–Crippen MR) is 54.8 cm³/mol. The fraction of sp³-hybridized carbons (Fsp3) is 0.400. The minimum atomic E-state index is -0.789. The summed E-state index contributed by atoms with van der Waals surface area (Å²) in [6.45, 7) is 2.12. The minimum Gasteiger partial charge on any atom is -0.388 e. The standard InChI is InChI=1S/C10H13ClFNO/c1-6-2-3-7(12)10(11)9(6)8(14)4-5-13/h2-3,8,14H,4-5,13H2,1H3. The van der Waals surface area contributed by atoms with Gasteiger partial charge in [-0.25, -0.2) is 4.39 Å². The molecule has 0 spiro atoms. The summed E-state index contributed by atoms with van der Waals surface area (Å²) < 4.78 is 13.1. The van der Waals surface area contributed by atoms with Crippen LogP contribution in [0.1, 0.15) is 23.7 Å². The van der Waals surface area contributed by atoms with Gasteiger partial charge in [-0.1, -0.05) is 17.7 Å². The summed E-state index contributed by atoms with van der Waals surface area (Å²) in [5.74, 6) is -0.511. The number of benzene rings is 1. The number of rotatable bonds is 3. The summed E-state index contributed by atoms with van der Waals surface area (Å²) in [5, 5.41) is 9.67. The molecule has 1 rings (SSSR count). The van der Waals surface area contributed by atoms with Gasteiger partial charge in [0.05, 0.1) is 11.1 Å². The molecule has 78 valence electrons. The third-order valence-corrected chi connectivity index (χ3v) is 2.51. The van der Waals surface area contributed by atoms with E-state index in [2.05, 4.69) is 0 Å². The Bertz CT molecular complexity index is 330. The van der Waals surface area contributed by atoms with Crippen LogP contribution in [0.4, 0.5) is 4.39 Å². The number of hydrogen-bond donors (Lipinski definition) is 2. The Morgan fingerprint density at radius 2 is 2.21 bits per heavy atom. The van der Waals surface area contributed by atoms with Gasteiger partial charge in [-0.05, 0) is 31.5 Å². The molecule has 0 bridgehead atoms. The highest BCUT2D eigenvalue weighted by Crippen LogP contribution is 2.30. The third-order valence-electron chi connectivity index (χ3n) is 2.12. The topological polar surface area (TPSA) is 46.2 Å². The van der Waals surface area contributed by atoms with Gasteiger partial charge >= 0.3 is 0 Å². The van der Waals surface area contributed by atoms with E-state index in [1.165, 1.54) is 6.07 Å². The molecule has 0 amide bonds. The molecule has 0 fully saturated rings. The monoisotopic (exact) mass is 217 g/mol. The molecule has 0 aromatic heterocycles. The van der Waals surface area contributed by atoms with Crippen LogP contribution in [0.25, 0.3) is 0 Å². The van der Waals surface area contributed by atoms with Gasteiger partial charge in [-0.15, -0.1) is 0 Å². The molecule has 3 N–H and O–H groups in total. The van der Waals surface area contributed by atoms with Crippen LogP contribution in [0, 0.1) is 12.7 Å². The lowest BCUT2D eigenvalue weighted by molar-refractivity contribution is 0.169. The van der Waals surface area contributed by atoms with Crippen LogP contribution in [0.5, 0.6) is 0 Å². The largest absolute Gasteiger partial charge is 0.388 e. The molecule has 0 aliphatic heterocycles. The Morgan fingerprint density at radius 3 is 2.79 bits per heavy atom. The van der Waals surface area contributed by atoms with E-state index in [0.717, 1.165) is 5.56 Å². The zero-order valence-electron chi connectivity index (χ0n) is 7.93. The van der Waals surface area contributed by atoms with E-state index in [0.29, 0.717) is 18.5 Å². The van der Waals surface area contributed by atoms with Crippen LogP contribution in [0.3, 0.4) is 0 Å². The van der Waals surface area contributed by atoms with Crippen molar-refractivity contribution in [1.29, 1.82) is 0 Å². The van der Waals surface area contributed by atoms with E-state index in [9.17, 15) is 9.50 Å². The lowest BCUT2D eigenvalue weighted by Gasteiger charge is -2.14. The van der Waals surface area contributed by atoms with Crippen molar-refractivity contribution < 1.29 is 9.50 Å². The lowest BCUT2D eigenvalue weighted by atomic mass is 10.0. The molecule has 0 aliphatic carbocycles. The van der Waals surface area contributed by atoms with Crippen LogP contribution in [0.2, 0.25) is 5.02 Å². The Hall–Kier alpha value is -0.640. The van der Waals surface area contributed by atoms with E-state index in [4.69, 9.17) is 17.3 Å². The molecular weight excluding hydrogens is 205 g/mol. The molecule has 1 unspecified atom stereocenters. The van der Waals surface area contributed by atoms with Gasteiger partial charge in [0.15, 0.2) is 0 Å². The summed E-state index contributed by atoms with van der Waals surface area (Å²) in [7, 11) is 0. The fourth-order valence-electron chi connectivity index (χ4n) is 1.37. The molecule has 0 saturated carbocycles. The Morgan fingerprint density at radius 1 is 1.57 bits per heavy atom. The SMILES string of the molecule is Cc1ccc(F)c(Cl)c1C(O)CCN. The average Bonchev–Trinajstić information content (AvgIpc) is 2.13. The van der Waals surface area contributed by atoms with Gasteiger partial charge in [-0.2, -0.15) is 0 Å². The van der Waals surface area contributed by atoms with Crippen molar-refractivity contribution in [3.63, 3.8) is 0 Å². The Balaban J connectivity index is 3.11. The van der Waals surface area contributed by atoms with E-state index in [-0.39, 0.29) is 5.02 Å². The summed E-state index contributed by atoms with van der Waals surface area (Å²) in [6, 6.07) is 2.88. The maximum absolute atomic E-state index is 13.1. The molecule has 1 aromatic rings. The van der Waals surface area contributed by atoms with Crippen molar-refractivity contribution in [3.05, 3.63) is 34.1 Å². The van der Waals surface area contributed by atoms with Crippen LogP contribution < -0.4 is 5.73 Å². The second-order valence-corrected chi connectivity index (χ2v) is 3.56. The average molecular weight is 218 g/mol. The van der Waals surface area contributed by atoms with Crippen molar-refractivity contribution in [2.75, 3.05) is 6.54 Å². The number of aryl methyl sites for hydroxylation is 1. The number of aliphatic hydroxyl groups excluding tert-OH is 1. The highest BCUT2D eigenvalue weighted by molar-refractivity contribution is 6.31. The number of nitrogens with two attached hydrogens (primary N) is 1. The Labute approximate surface area is 87.5 Å². The maximum atomic E-state index is 13.1. The zero-order valence-corrected chi connectivity index (χ0v) is 8.68. The van der Waals surface area contributed by atoms with Gasteiger partial charge in [0.2, 0.25) is 0 Å². The molecule has 0 aliphatic rings. The van der Waals surface area contributed by atoms with Gasteiger partial charge in [0.1, 0.15) is 5.82 Å². The van der Waals surface area contributed by atoms with E-state index >= 15 is 0 Å². The number of halogens is 2. The van der Waals surface area contributed by atoms with Crippen molar-refractivity contribution in [2.24, 2.45) is 5.73 Å². The summed E-state index contributed by atoms with van der Waals surface area (Å²) in [4.78, 5) is 0. The van der Waals surface area contributed by atoms with E-state index in [1.807, 2.05) is 0 Å². The van der Waals surface area contributed by atoms with Gasteiger partial charge in [0.25, 0.3) is 0 Å². The predicted octanol–water partition coefficient (Wildman–Crippen LogP) is 2.17. The fourth-order valence-corrected chi connectivity index (χ4v) is 1.71. The van der Waals surface area contributed by atoms with E-state index in [1.54, 1.807) is 13.0 Å². The minimum absolute atomic E-state index is 0.00838. The second-order valence-electron chi connectivity index (χ2n) is 3.19. The highest BCUT2D eigenvalue weighted by Gasteiger charge is 2.16. The normalized spacial score (nSPS) is 12.9. The highest BCUT2D eigenvalue weighted by atomic mass is 35.5. The number of hydrogen-bond acceptors (Lipinski definition) is 2. The first-order valence-corrected chi connectivity index (χ1v) is 4.78. The van der Waals surface area contributed by atoms with Crippen molar-refractivity contribution >= 4 is 11.6 Å². The second kappa shape index (κ2) is 4.73. The van der Waals surface area contributed by atoms with Gasteiger partial charge in [-0.3, -0.25) is 0 Å². The molecule has 0 heterocycles. The molecule has 0 radical (unpaired) electrons. The van der Waals surface area contributed by atoms with Crippen LogP contribution >= 0.6 is 11.6 Å². The lowest BCUT2D eigenvalue weighted by Crippen LogP contribution is -2.09. The number of aliphatic hydroxyl groups is 1. The van der Waals surface area contributed by atoms with Crippen LogP contribution in [-0.4, -0.2) is 11.7 Å². The zero-order chi connectivity index (χ0) is 10.7. The van der Waals surface area contributed by atoms with E-state index < -0.39 is 11.9 Å². The first kappa shape index (κ1) is 11.4. The summed E-state index contributed by atoms with van der Waals surface area (Å²) >= 11 is 5.75. The maximum Gasteiger partial charge on any atom is 0.142 e. The van der Waals surface area contributed by atoms with Crippen molar-refractivity contribution in [2.45, 2.75) is 19.4 Å². The smallest absolute Gasteiger partial charge is 0.142 e. The third kappa shape index (κ3) is 2.23. The molecular formula is C10H13ClFNO. The van der Waals surface area contributed by atoms with Crippen molar-refractivity contribution in [3.8, 4) is 0 Å². The van der Waals surface area contributed by atoms with Crippen molar-refractivity contribution in [1.82, 2.24) is 0 Å². The summed E-state index contributed by atoms with van der Waals surface area (Å²) in [6.07, 6.45) is -0.410. The van der Waals surface area contributed by atoms with Crippen LogP contribution in [-0.2, 0) is 0 Å². The molecule has 1 aromatic carbocycles. The molecule has 2 nitrogen and oxygen atoms in total. The first-order chi connectivity index (χ1) is 6.57. The van der Waals surface area contributed by atoms with Crippen LogP contribution in [0.15, 0.2) is 12.1 Å². The molecule has 1 atom stereocenters. The molecule has 4 heteroatoms. The first-order valence-electron chi connectivity index (χ1n) is 4.40.